The van der Waals surface area contributed by atoms with Crippen LogP contribution in [0.3, 0.4) is 0 Å². The van der Waals surface area contributed by atoms with Crippen molar-refractivity contribution in [1.29, 1.82) is 0 Å². The van der Waals surface area contributed by atoms with Crippen LogP contribution in [0.4, 0.5) is 4.39 Å². The molecule has 0 radical (unpaired) electrons. The molecule has 0 saturated carbocycles. The molecule has 0 aliphatic rings. The molecule has 0 fully saturated rings. The second-order valence-electron chi connectivity index (χ2n) is 7.20. The lowest BCUT2D eigenvalue weighted by molar-refractivity contribution is 0.103. The van der Waals surface area contributed by atoms with Gasteiger partial charge in [-0.15, -0.1) is 0 Å². The Morgan fingerprint density at radius 3 is 1.90 bits per heavy atom. The van der Waals surface area contributed by atoms with Crippen molar-refractivity contribution < 1.29 is 14.3 Å². The number of phenols is 1. The van der Waals surface area contributed by atoms with E-state index in [1.54, 1.807) is 0 Å². The summed E-state index contributed by atoms with van der Waals surface area (Å²) in [5, 5.41) is 14.1. The van der Waals surface area contributed by atoms with E-state index in [2.05, 4.69) is 0 Å². The molecule has 0 atom stereocenters. The zero-order valence-corrected chi connectivity index (χ0v) is 16.0. The lowest BCUT2D eigenvalue weighted by Gasteiger charge is -2.17. The Hall–Kier alpha value is -3.98. The number of carbonyl (C=O) groups excluding carboxylic acids is 1. The number of benzene rings is 5. The molecule has 0 amide bonds. The fourth-order valence-electron chi connectivity index (χ4n) is 4.11. The number of hydrogen-bond acceptors (Lipinski definition) is 2. The quantitative estimate of drug-likeness (QED) is 0.273. The average Bonchev–Trinajstić information content (AvgIpc) is 2.78. The molecular formula is C27H17FO2. The normalized spacial score (nSPS) is 11.1. The topological polar surface area (TPSA) is 37.3 Å². The highest BCUT2D eigenvalue weighted by Gasteiger charge is 2.23. The molecule has 5 rings (SSSR count). The maximum Gasteiger partial charge on any atom is 0.198 e. The Labute approximate surface area is 172 Å². The molecule has 0 unspecified atom stereocenters. The van der Waals surface area contributed by atoms with Gasteiger partial charge in [0.1, 0.15) is 11.6 Å². The first-order valence-electron chi connectivity index (χ1n) is 9.67. The van der Waals surface area contributed by atoms with E-state index in [0.29, 0.717) is 5.56 Å². The summed E-state index contributed by atoms with van der Waals surface area (Å²) in [7, 11) is 0. The molecule has 2 nitrogen and oxygen atoms in total. The van der Waals surface area contributed by atoms with Crippen LogP contribution in [0, 0.1) is 5.82 Å². The highest BCUT2D eigenvalue weighted by Crippen LogP contribution is 2.40. The summed E-state index contributed by atoms with van der Waals surface area (Å²) in [6.07, 6.45) is 0. The summed E-state index contributed by atoms with van der Waals surface area (Å²) >= 11 is 0. The van der Waals surface area contributed by atoms with Gasteiger partial charge < -0.3 is 5.11 Å². The molecule has 5 aromatic rings. The summed E-state index contributed by atoms with van der Waals surface area (Å²) in [6.45, 7) is 0. The summed E-state index contributed by atoms with van der Waals surface area (Å²) in [5.41, 5.74) is 2.29. The molecule has 0 bridgehead atoms. The molecule has 30 heavy (non-hydrogen) atoms. The third kappa shape index (κ3) is 2.83. The molecule has 144 valence electrons. The number of aromatic hydroxyl groups is 1. The second-order valence-corrected chi connectivity index (χ2v) is 7.20. The van der Waals surface area contributed by atoms with Crippen molar-refractivity contribution in [3.63, 3.8) is 0 Å². The first-order chi connectivity index (χ1) is 14.6. The summed E-state index contributed by atoms with van der Waals surface area (Å²) < 4.78 is 13.5. The Kier molecular flexibility index (Phi) is 4.29. The van der Waals surface area contributed by atoms with Crippen molar-refractivity contribution in [3.05, 3.63) is 114 Å². The predicted octanol–water partition coefficient (Wildman–Crippen LogP) is 6.74. The van der Waals surface area contributed by atoms with Crippen LogP contribution < -0.4 is 0 Å². The molecule has 3 heteroatoms. The van der Waals surface area contributed by atoms with Gasteiger partial charge in [-0.25, -0.2) is 4.39 Å². The Bertz CT molecular complexity index is 1420. The molecule has 5 aromatic carbocycles. The van der Waals surface area contributed by atoms with E-state index in [0.717, 1.165) is 38.7 Å². The minimum Gasteiger partial charge on any atom is -0.507 e. The smallest absolute Gasteiger partial charge is 0.198 e. The van der Waals surface area contributed by atoms with Crippen LogP contribution in [0.1, 0.15) is 15.9 Å². The van der Waals surface area contributed by atoms with Crippen molar-refractivity contribution in [2.45, 2.75) is 0 Å². The fraction of sp³-hybridized carbons (Fsp3) is 0. The van der Waals surface area contributed by atoms with Crippen molar-refractivity contribution >= 4 is 27.3 Å². The van der Waals surface area contributed by atoms with Gasteiger partial charge in [0.05, 0.1) is 5.56 Å². The fourth-order valence-corrected chi connectivity index (χ4v) is 4.11. The van der Waals surface area contributed by atoms with Crippen LogP contribution in [0.15, 0.2) is 97.1 Å². The van der Waals surface area contributed by atoms with Gasteiger partial charge in [-0.1, -0.05) is 78.9 Å². The van der Waals surface area contributed by atoms with E-state index in [1.807, 2.05) is 78.9 Å². The van der Waals surface area contributed by atoms with Gasteiger partial charge in [0.15, 0.2) is 5.78 Å². The molecule has 0 spiro atoms. The van der Waals surface area contributed by atoms with Crippen molar-refractivity contribution in [2.75, 3.05) is 0 Å². The van der Waals surface area contributed by atoms with Gasteiger partial charge in [0, 0.05) is 17.2 Å². The van der Waals surface area contributed by atoms with Crippen molar-refractivity contribution in [1.82, 2.24) is 0 Å². The standard InChI is InChI=1S/C27H17FO2/c28-18-14-15-23(24(29)16-18)27(30)26-22-13-7-5-11-20(22)19-10-4-6-12-21(19)25(26)17-8-2-1-3-9-17/h1-16,29H. The first-order valence-corrected chi connectivity index (χ1v) is 9.67. The van der Waals surface area contributed by atoms with E-state index < -0.39 is 5.82 Å². The van der Waals surface area contributed by atoms with Crippen molar-refractivity contribution in [2.24, 2.45) is 0 Å². The van der Waals surface area contributed by atoms with Gasteiger partial charge in [-0.05, 0) is 39.2 Å². The third-order valence-corrected chi connectivity index (χ3v) is 5.43. The van der Waals surface area contributed by atoms with Gasteiger partial charge in [-0.3, -0.25) is 4.79 Å². The lowest BCUT2D eigenvalue weighted by Crippen LogP contribution is -2.06. The number of ketones is 1. The zero-order valence-electron chi connectivity index (χ0n) is 16.0. The molecule has 1 N–H and O–H groups in total. The highest BCUT2D eigenvalue weighted by atomic mass is 19.1. The number of hydrogen-bond donors (Lipinski definition) is 1. The van der Waals surface area contributed by atoms with Gasteiger partial charge in [0.2, 0.25) is 0 Å². The molecule has 0 aromatic heterocycles. The van der Waals surface area contributed by atoms with Crippen LogP contribution in [-0.2, 0) is 0 Å². The predicted molar refractivity (Wildman–Crippen MR) is 118 cm³/mol. The van der Waals surface area contributed by atoms with E-state index in [1.165, 1.54) is 12.1 Å². The Morgan fingerprint density at radius 1 is 0.667 bits per heavy atom. The number of phenolic OH excluding ortho intramolecular Hbond substituents is 1. The number of halogens is 1. The highest BCUT2D eigenvalue weighted by molar-refractivity contribution is 6.28. The van der Waals surface area contributed by atoms with Crippen LogP contribution in [0.5, 0.6) is 5.75 Å². The van der Waals surface area contributed by atoms with Crippen molar-refractivity contribution in [3.8, 4) is 16.9 Å². The minimum atomic E-state index is -0.587. The Balaban J connectivity index is 1.96. The van der Waals surface area contributed by atoms with E-state index in [-0.39, 0.29) is 17.1 Å². The van der Waals surface area contributed by atoms with Crippen LogP contribution in [0.2, 0.25) is 0 Å². The second kappa shape index (κ2) is 7.12. The number of rotatable bonds is 3. The number of carbonyl (C=O) groups is 1. The molecule has 0 saturated heterocycles. The maximum atomic E-state index is 13.7. The summed E-state index contributed by atoms with van der Waals surface area (Å²) in [5.74, 6) is -1.29. The van der Waals surface area contributed by atoms with Gasteiger partial charge in [0.25, 0.3) is 0 Å². The molecule has 0 aliphatic carbocycles. The van der Waals surface area contributed by atoms with Crippen LogP contribution in [0.25, 0.3) is 32.7 Å². The van der Waals surface area contributed by atoms with Gasteiger partial charge in [-0.2, -0.15) is 0 Å². The van der Waals surface area contributed by atoms with E-state index in [4.69, 9.17) is 0 Å². The largest absolute Gasteiger partial charge is 0.507 e. The molecule has 0 aliphatic heterocycles. The van der Waals surface area contributed by atoms with Crippen LogP contribution in [-0.4, -0.2) is 10.9 Å². The average molecular weight is 392 g/mol. The van der Waals surface area contributed by atoms with E-state index in [9.17, 15) is 14.3 Å². The summed E-state index contributed by atoms with van der Waals surface area (Å²) in [6, 6.07) is 29.0. The third-order valence-electron chi connectivity index (χ3n) is 5.43. The van der Waals surface area contributed by atoms with E-state index >= 15 is 0 Å². The monoisotopic (exact) mass is 392 g/mol. The zero-order chi connectivity index (χ0) is 20.7. The Morgan fingerprint density at radius 2 is 1.23 bits per heavy atom. The van der Waals surface area contributed by atoms with Gasteiger partial charge >= 0.3 is 0 Å². The molecule has 0 heterocycles. The SMILES string of the molecule is O=C(c1ccc(F)cc1O)c1c(-c2ccccc2)c2ccccc2c2ccccc12. The maximum absolute atomic E-state index is 13.7. The van der Waals surface area contributed by atoms with Crippen LogP contribution >= 0.6 is 0 Å². The minimum absolute atomic E-state index is 0.0778. The first kappa shape index (κ1) is 18.1. The summed E-state index contributed by atoms with van der Waals surface area (Å²) in [4.78, 5) is 13.7. The number of fused-ring (bicyclic) bond motifs is 3. The lowest BCUT2D eigenvalue weighted by atomic mass is 9.85. The molecular weight excluding hydrogens is 375 g/mol.